The van der Waals surface area contributed by atoms with Crippen molar-refractivity contribution in [1.82, 2.24) is 15.6 Å². The molecule has 5 heteroatoms. The summed E-state index contributed by atoms with van der Waals surface area (Å²) in [5.41, 5.74) is 3.27. The van der Waals surface area contributed by atoms with Gasteiger partial charge in [0.15, 0.2) is 0 Å². The summed E-state index contributed by atoms with van der Waals surface area (Å²) in [6.45, 7) is 3.48. The minimum absolute atomic E-state index is 0.0503. The monoisotopic (exact) mass is 339 g/mol. The highest BCUT2D eigenvalue weighted by atomic mass is 16.5. The minimum Gasteiger partial charge on any atom is -0.378 e. The van der Waals surface area contributed by atoms with Crippen LogP contribution in [0.4, 0.5) is 4.79 Å². The Morgan fingerprint density at radius 2 is 2.12 bits per heavy atom. The van der Waals surface area contributed by atoms with Gasteiger partial charge in [0.25, 0.3) is 0 Å². The fraction of sp³-hybridized carbons (Fsp3) is 0.400. The Bertz CT molecular complexity index is 667. The Balaban J connectivity index is 1.47. The summed E-state index contributed by atoms with van der Waals surface area (Å²) >= 11 is 0. The number of nitrogens with zero attached hydrogens (tertiary/aromatic N) is 1. The summed E-state index contributed by atoms with van der Waals surface area (Å²) in [5.74, 6) is 0. The highest BCUT2D eigenvalue weighted by molar-refractivity contribution is 5.74. The third-order valence-electron chi connectivity index (χ3n) is 4.53. The van der Waals surface area contributed by atoms with Crippen molar-refractivity contribution >= 4 is 6.03 Å². The first-order chi connectivity index (χ1) is 12.2. The zero-order valence-electron chi connectivity index (χ0n) is 14.6. The van der Waals surface area contributed by atoms with Crippen LogP contribution in [0.5, 0.6) is 0 Å². The van der Waals surface area contributed by atoms with Crippen LogP contribution in [0.3, 0.4) is 0 Å². The Morgan fingerprint density at radius 3 is 2.80 bits per heavy atom. The minimum atomic E-state index is -0.137. The van der Waals surface area contributed by atoms with Gasteiger partial charge in [0.1, 0.15) is 0 Å². The third-order valence-corrected chi connectivity index (χ3v) is 4.53. The Morgan fingerprint density at radius 1 is 1.28 bits per heavy atom. The number of urea groups is 1. The molecule has 2 heterocycles. The van der Waals surface area contributed by atoms with Crippen molar-refractivity contribution in [2.45, 2.75) is 38.3 Å². The van der Waals surface area contributed by atoms with E-state index in [0.717, 1.165) is 42.6 Å². The van der Waals surface area contributed by atoms with Crippen LogP contribution in [0.15, 0.2) is 48.8 Å². The van der Waals surface area contributed by atoms with E-state index in [0.29, 0.717) is 12.6 Å². The normalized spacial score (nSPS) is 17.9. The lowest BCUT2D eigenvalue weighted by molar-refractivity contribution is 0.104. The lowest BCUT2D eigenvalue weighted by Gasteiger charge is -2.16. The SMILES string of the molecule is C[C@@H](NC(=O)NCC[C@@H]1CCCO1)c1ccc(-c2cccnc2)cc1. The molecule has 2 N–H and O–H groups in total. The van der Waals surface area contributed by atoms with Crippen LogP contribution in [-0.2, 0) is 4.74 Å². The smallest absolute Gasteiger partial charge is 0.315 e. The van der Waals surface area contributed by atoms with E-state index in [4.69, 9.17) is 4.74 Å². The predicted octanol–water partition coefficient (Wildman–Crippen LogP) is 3.68. The molecule has 1 fully saturated rings. The number of ether oxygens (including phenoxy) is 1. The highest BCUT2D eigenvalue weighted by Gasteiger charge is 2.15. The van der Waals surface area contributed by atoms with E-state index in [-0.39, 0.29) is 12.1 Å². The van der Waals surface area contributed by atoms with Gasteiger partial charge in [-0.25, -0.2) is 4.79 Å². The summed E-state index contributed by atoms with van der Waals surface area (Å²) in [5, 5.41) is 5.89. The van der Waals surface area contributed by atoms with Gasteiger partial charge < -0.3 is 15.4 Å². The van der Waals surface area contributed by atoms with Gasteiger partial charge >= 0.3 is 6.03 Å². The molecule has 0 radical (unpaired) electrons. The average molecular weight is 339 g/mol. The van der Waals surface area contributed by atoms with Crippen LogP contribution in [0, 0.1) is 0 Å². The number of amides is 2. The number of hydrogen-bond acceptors (Lipinski definition) is 3. The number of hydrogen-bond donors (Lipinski definition) is 2. The molecule has 2 atom stereocenters. The molecule has 2 aromatic rings. The summed E-state index contributed by atoms with van der Waals surface area (Å²) in [7, 11) is 0. The van der Waals surface area contributed by atoms with Gasteiger partial charge in [0, 0.05) is 25.5 Å². The van der Waals surface area contributed by atoms with Gasteiger partial charge in [-0.05, 0) is 48.9 Å². The number of benzene rings is 1. The van der Waals surface area contributed by atoms with Gasteiger partial charge in [-0.3, -0.25) is 4.98 Å². The van der Waals surface area contributed by atoms with Gasteiger partial charge in [-0.1, -0.05) is 30.3 Å². The van der Waals surface area contributed by atoms with Crippen molar-refractivity contribution in [1.29, 1.82) is 0 Å². The number of carbonyl (C=O) groups excluding carboxylic acids is 1. The Kier molecular flexibility index (Phi) is 6.01. The second kappa shape index (κ2) is 8.62. The summed E-state index contributed by atoms with van der Waals surface area (Å²) in [6, 6.07) is 12.0. The summed E-state index contributed by atoms with van der Waals surface area (Å²) in [6.07, 6.45) is 7.02. The van der Waals surface area contributed by atoms with Crippen LogP contribution in [0.2, 0.25) is 0 Å². The molecule has 0 spiro atoms. The standard InChI is InChI=1S/C20H25N3O2/c1-15(23-20(24)22-12-10-19-5-3-13-25-19)16-6-8-17(9-7-16)18-4-2-11-21-14-18/h2,4,6-9,11,14-15,19H,3,5,10,12-13H2,1H3,(H2,22,23,24)/t15-,19+/m1/s1. The first kappa shape index (κ1) is 17.4. The maximum absolute atomic E-state index is 12.0. The topological polar surface area (TPSA) is 63.2 Å². The van der Waals surface area contributed by atoms with Gasteiger partial charge in [0.2, 0.25) is 0 Å². The summed E-state index contributed by atoms with van der Waals surface area (Å²) in [4.78, 5) is 16.2. The fourth-order valence-corrected chi connectivity index (χ4v) is 3.05. The fourth-order valence-electron chi connectivity index (χ4n) is 3.05. The van der Waals surface area contributed by atoms with Crippen molar-refractivity contribution in [2.75, 3.05) is 13.2 Å². The van der Waals surface area contributed by atoms with Gasteiger partial charge in [-0.2, -0.15) is 0 Å². The van der Waals surface area contributed by atoms with Crippen molar-refractivity contribution in [3.63, 3.8) is 0 Å². The number of rotatable bonds is 6. The number of pyridine rings is 1. The summed E-state index contributed by atoms with van der Waals surface area (Å²) < 4.78 is 5.56. The highest BCUT2D eigenvalue weighted by Crippen LogP contribution is 2.21. The molecule has 2 amide bonds. The Hall–Kier alpha value is -2.40. The molecule has 1 saturated heterocycles. The van der Waals surface area contributed by atoms with Gasteiger partial charge in [-0.15, -0.1) is 0 Å². The largest absolute Gasteiger partial charge is 0.378 e. The van der Waals surface area contributed by atoms with Crippen molar-refractivity contribution in [3.05, 3.63) is 54.4 Å². The molecule has 25 heavy (non-hydrogen) atoms. The van der Waals surface area contributed by atoms with E-state index >= 15 is 0 Å². The van der Waals surface area contributed by atoms with Crippen LogP contribution >= 0.6 is 0 Å². The molecule has 0 aliphatic carbocycles. The van der Waals surface area contributed by atoms with Gasteiger partial charge in [0.05, 0.1) is 12.1 Å². The van der Waals surface area contributed by atoms with E-state index in [9.17, 15) is 4.79 Å². The van der Waals surface area contributed by atoms with E-state index in [1.165, 1.54) is 0 Å². The number of nitrogens with one attached hydrogen (secondary N) is 2. The molecular weight excluding hydrogens is 314 g/mol. The maximum atomic E-state index is 12.0. The predicted molar refractivity (Wildman–Crippen MR) is 98.2 cm³/mol. The van der Waals surface area contributed by atoms with Crippen LogP contribution in [0.1, 0.15) is 37.8 Å². The van der Waals surface area contributed by atoms with E-state index in [1.807, 2.05) is 37.4 Å². The quantitative estimate of drug-likeness (QED) is 0.844. The molecule has 5 nitrogen and oxygen atoms in total. The second-order valence-electron chi connectivity index (χ2n) is 6.41. The molecule has 0 saturated carbocycles. The number of aromatic nitrogens is 1. The lowest BCUT2D eigenvalue weighted by atomic mass is 10.0. The molecule has 1 aromatic carbocycles. The second-order valence-corrected chi connectivity index (χ2v) is 6.41. The molecule has 1 aromatic heterocycles. The van der Waals surface area contributed by atoms with E-state index < -0.39 is 0 Å². The molecule has 1 aliphatic heterocycles. The van der Waals surface area contributed by atoms with Crippen LogP contribution in [0.25, 0.3) is 11.1 Å². The zero-order chi connectivity index (χ0) is 17.5. The number of carbonyl (C=O) groups is 1. The average Bonchev–Trinajstić information content (AvgIpc) is 3.16. The van der Waals surface area contributed by atoms with Crippen molar-refractivity contribution < 1.29 is 9.53 Å². The van der Waals surface area contributed by atoms with Crippen molar-refractivity contribution in [3.8, 4) is 11.1 Å². The van der Waals surface area contributed by atoms with Crippen molar-refractivity contribution in [2.24, 2.45) is 0 Å². The third kappa shape index (κ3) is 5.03. The molecular formula is C20H25N3O2. The zero-order valence-corrected chi connectivity index (χ0v) is 14.6. The lowest BCUT2D eigenvalue weighted by Crippen LogP contribution is -2.38. The molecule has 132 valence electrons. The van der Waals surface area contributed by atoms with Crippen LogP contribution < -0.4 is 10.6 Å². The molecule has 0 unspecified atom stereocenters. The maximum Gasteiger partial charge on any atom is 0.315 e. The Labute approximate surface area is 148 Å². The van der Waals surface area contributed by atoms with Crippen LogP contribution in [-0.4, -0.2) is 30.3 Å². The molecule has 1 aliphatic rings. The van der Waals surface area contributed by atoms with E-state index in [1.54, 1.807) is 6.20 Å². The van der Waals surface area contributed by atoms with E-state index in [2.05, 4.69) is 27.8 Å². The molecule has 0 bridgehead atoms. The first-order valence-electron chi connectivity index (χ1n) is 8.89. The first-order valence-corrected chi connectivity index (χ1v) is 8.89. The molecule has 3 rings (SSSR count).